The van der Waals surface area contributed by atoms with E-state index in [4.69, 9.17) is 16.3 Å². The Morgan fingerprint density at radius 2 is 1.53 bits per heavy atom. The third-order valence-electron chi connectivity index (χ3n) is 5.59. The molecule has 0 radical (unpaired) electrons. The predicted octanol–water partition coefficient (Wildman–Crippen LogP) is 4.75. The third-order valence-corrected chi connectivity index (χ3v) is 5.94. The number of ether oxygens (including phenoxy) is 1. The van der Waals surface area contributed by atoms with Gasteiger partial charge in [-0.15, -0.1) is 0 Å². The van der Waals surface area contributed by atoms with Crippen molar-refractivity contribution in [2.75, 3.05) is 22.1 Å². The van der Waals surface area contributed by atoms with E-state index in [1.165, 1.54) is 37.3 Å². The first-order chi connectivity index (χ1) is 18.2. The number of rotatable bonds is 8. The van der Waals surface area contributed by atoms with E-state index in [0.717, 1.165) is 4.90 Å². The van der Waals surface area contributed by atoms with Gasteiger partial charge in [-0.2, -0.15) is 0 Å². The molecule has 0 atom stereocenters. The molecule has 192 valence electrons. The lowest BCUT2D eigenvalue weighted by Gasteiger charge is -2.16. The summed E-state index contributed by atoms with van der Waals surface area (Å²) < 4.78 is 4.98. The highest BCUT2D eigenvalue weighted by atomic mass is 35.5. The first-order valence-corrected chi connectivity index (χ1v) is 11.9. The van der Waals surface area contributed by atoms with E-state index in [-0.39, 0.29) is 39.9 Å². The summed E-state index contributed by atoms with van der Waals surface area (Å²) in [7, 11) is 0. The Balaban J connectivity index is 1.51. The number of nitrogens with one attached hydrogen (secondary N) is 2. The number of anilines is 3. The van der Waals surface area contributed by atoms with Crippen LogP contribution in [-0.2, 0) is 14.3 Å². The fraction of sp³-hybridized carbons (Fsp3) is 0.107. The number of hydrogen-bond donors (Lipinski definition) is 2. The molecule has 0 fully saturated rings. The maximum Gasteiger partial charge on any atom is 0.338 e. The molecule has 0 unspecified atom stereocenters. The molecule has 1 heterocycles. The number of nitrogens with zero attached hydrogens (tertiary/aromatic N) is 1. The van der Waals surface area contributed by atoms with Gasteiger partial charge in [0.1, 0.15) is 10.7 Å². The SMILES string of the molecule is CCOC(=O)c1cccc(N2C(=O)C(Cl)=C(Nc3cccc(C(=O)Nc4ccc(C(C)=O)cc4)c3)C2=O)c1. The summed E-state index contributed by atoms with van der Waals surface area (Å²) in [4.78, 5) is 63.1. The Bertz CT molecular complexity index is 1500. The van der Waals surface area contributed by atoms with Gasteiger partial charge in [-0.25, -0.2) is 9.69 Å². The Hall–Kier alpha value is -4.76. The van der Waals surface area contributed by atoms with Crippen molar-refractivity contribution in [1.29, 1.82) is 0 Å². The molecule has 0 aromatic heterocycles. The lowest BCUT2D eigenvalue weighted by molar-refractivity contribution is -0.120. The summed E-state index contributed by atoms with van der Waals surface area (Å²) in [5.41, 5.74) is 1.81. The molecular formula is C28H22ClN3O6. The molecule has 0 saturated heterocycles. The third kappa shape index (κ3) is 5.47. The summed E-state index contributed by atoms with van der Waals surface area (Å²) in [5.74, 6) is -2.57. The normalized spacial score (nSPS) is 13.0. The quantitative estimate of drug-likeness (QED) is 0.244. The van der Waals surface area contributed by atoms with Crippen LogP contribution in [-0.4, -0.2) is 36.1 Å². The summed E-state index contributed by atoms with van der Waals surface area (Å²) in [6.07, 6.45) is 0. The smallest absolute Gasteiger partial charge is 0.338 e. The second-order valence-electron chi connectivity index (χ2n) is 8.20. The van der Waals surface area contributed by atoms with Crippen LogP contribution in [0.3, 0.4) is 0 Å². The van der Waals surface area contributed by atoms with Gasteiger partial charge in [0.05, 0.1) is 17.9 Å². The van der Waals surface area contributed by atoms with Crippen molar-refractivity contribution in [2.24, 2.45) is 0 Å². The Kier molecular flexibility index (Phi) is 7.68. The highest BCUT2D eigenvalue weighted by Crippen LogP contribution is 2.31. The first kappa shape index (κ1) is 26.3. The van der Waals surface area contributed by atoms with Gasteiger partial charge in [0.2, 0.25) is 0 Å². The van der Waals surface area contributed by atoms with Gasteiger partial charge in [0, 0.05) is 22.5 Å². The number of ketones is 1. The minimum atomic E-state index is -0.761. The molecule has 0 saturated carbocycles. The number of carbonyl (C=O) groups excluding carboxylic acids is 5. The van der Waals surface area contributed by atoms with Crippen molar-refractivity contribution in [2.45, 2.75) is 13.8 Å². The van der Waals surface area contributed by atoms with Crippen LogP contribution in [0, 0.1) is 0 Å². The van der Waals surface area contributed by atoms with Crippen molar-refractivity contribution < 1.29 is 28.7 Å². The van der Waals surface area contributed by atoms with Crippen LogP contribution in [0.2, 0.25) is 0 Å². The van der Waals surface area contributed by atoms with Gasteiger partial charge in [0.15, 0.2) is 5.78 Å². The van der Waals surface area contributed by atoms with Crippen LogP contribution >= 0.6 is 11.6 Å². The van der Waals surface area contributed by atoms with Gasteiger partial charge in [0.25, 0.3) is 17.7 Å². The molecule has 3 aromatic carbocycles. The molecule has 10 heteroatoms. The molecule has 3 aromatic rings. The average Bonchev–Trinajstić information content (AvgIpc) is 3.12. The summed E-state index contributed by atoms with van der Waals surface area (Å²) in [6.45, 7) is 3.30. The van der Waals surface area contributed by atoms with E-state index < -0.39 is 23.7 Å². The number of Topliss-reactive ketones (excluding diaryl/α,β-unsaturated/α-hetero) is 1. The molecule has 9 nitrogen and oxygen atoms in total. The Labute approximate surface area is 223 Å². The van der Waals surface area contributed by atoms with Crippen LogP contribution in [0.1, 0.15) is 44.9 Å². The summed E-state index contributed by atoms with van der Waals surface area (Å²) >= 11 is 6.22. The highest BCUT2D eigenvalue weighted by Gasteiger charge is 2.39. The zero-order valence-corrected chi connectivity index (χ0v) is 21.2. The number of amides is 3. The standard InChI is InChI=1S/C28H22ClN3O6/c1-3-38-28(37)19-7-5-9-22(15-19)32-26(35)23(29)24(27(32)36)30-21-8-4-6-18(14-21)25(34)31-20-12-10-17(11-13-20)16(2)33/h4-15,30H,3H2,1-2H3,(H,31,34). The van der Waals surface area contributed by atoms with Crippen molar-refractivity contribution in [3.05, 3.63) is 100 Å². The molecule has 0 spiro atoms. The number of halogens is 1. The Morgan fingerprint density at radius 1 is 0.842 bits per heavy atom. The van der Waals surface area contributed by atoms with Crippen molar-refractivity contribution in [3.8, 4) is 0 Å². The van der Waals surface area contributed by atoms with Crippen molar-refractivity contribution >= 4 is 58.1 Å². The van der Waals surface area contributed by atoms with E-state index in [2.05, 4.69) is 10.6 Å². The van der Waals surface area contributed by atoms with E-state index in [9.17, 15) is 24.0 Å². The number of carbonyl (C=O) groups is 5. The van der Waals surface area contributed by atoms with Crippen molar-refractivity contribution in [3.63, 3.8) is 0 Å². The van der Waals surface area contributed by atoms with Crippen LogP contribution in [0.5, 0.6) is 0 Å². The minimum absolute atomic E-state index is 0.0835. The molecule has 3 amide bonds. The number of hydrogen-bond acceptors (Lipinski definition) is 7. The topological polar surface area (TPSA) is 122 Å². The number of imide groups is 1. The monoisotopic (exact) mass is 531 g/mol. The molecule has 1 aliphatic heterocycles. The number of benzene rings is 3. The van der Waals surface area contributed by atoms with Gasteiger partial charge in [-0.05, 0) is 74.5 Å². The zero-order chi connectivity index (χ0) is 27.4. The summed E-state index contributed by atoms with van der Waals surface area (Å²) in [5, 5.41) is 5.24. The summed E-state index contributed by atoms with van der Waals surface area (Å²) in [6, 6.07) is 18.7. The van der Waals surface area contributed by atoms with Crippen molar-refractivity contribution in [1.82, 2.24) is 0 Å². The lowest BCUT2D eigenvalue weighted by Crippen LogP contribution is -2.32. The van der Waals surface area contributed by atoms with Gasteiger partial charge < -0.3 is 15.4 Å². The maximum absolute atomic E-state index is 13.2. The fourth-order valence-electron chi connectivity index (χ4n) is 3.71. The average molecular weight is 532 g/mol. The fourth-order valence-corrected chi connectivity index (χ4v) is 3.92. The van der Waals surface area contributed by atoms with E-state index in [1.54, 1.807) is 49.4 Å². The molecule has 0 bridgehead atoms. The van der Waals surface area contributed by atoms with Crippen LogP contribution < -0.4 is 15.5 Å². The van der Waals surface area contributed by atoms with E-state index in [0.29, 0.717) is 16.9 Å². The van der Waals surface area contributed by atoms with E-state index in [1.807, 2.05) is 0 Å². The predicted molar refractivity (Wildman–Crippen MR) is 142 cm³/mol. The molecule has 38 heavy (non-hydrogen) atoms. The highest BCUT2D eigenvalue weighted by molar-refractivity contribution is 6.53. The molecule has 1 aliphatic rings. The largest absolute Gasteiger partial charge is 0.462 e. The molecule has 4 rings (SSSR count). The van der Waals surface area contributed by atoms with E-state index >= 15 is 0 Å². The number of esters is 1. The maximum atomic E-state index is 13.2. The molecule has 2 N–H and O–H groups in total. The lowest BCUT2D eigenvalue weighted by atomic mass is 10.1. The van der Waals surface area contributed by atoms with Gasteiger partial charge in [-0.1, -0.05) is 23.7 Å². The van der Waals surface area contributed by atoms with Crippen LogP contribution in [0.15, 0.2) is 83.5 Å². The first-order valence-electron chi connectivity index (χ1n) is 11.5. The van der Waals surface area contributed by atoms with Crippen LogP contribution in [0.25, 0.3) is 0 Å². The molecule has 0 aliphatic carbocycles. The van der Waals surface area contributed by atoms with Gasteiger partial charge in [-0.3, -0.25) is 19.2 Å². The minimum Gasteiger partial charge on any atom is -0.462 e. The molecular weight excluding hydrogens is 510 g/mol. The zero-order valence-electron chi connectivity index (χ0n) is 20.4. The van der Waals surface area contributed by atoms with Crippen LogP contribution in [0.4, 0.5) is 17.1 Å². The van der Waals surface area contributed by atoms with Gasteiger partial charge >= 0.3 is 5.97 Å². The second-order valence-corrected chi connectivity index (χ2v) is 8.58. The second kappa shape index (κ2) is 11.1. The Morgan fingerprint density at radius 3 is 2.21 bits per heavy atom.